The number of aromatic nitrogens is 1. The van der Waals surface area contributed by atoms with Gasteiger partial charge in [-0.2, -0.15) is 0 Å². The Morgan fingerprint density at radius 3 is 2.71 bits per heavy atom. The summed E-state index contributed by atoms with van der Waals surface area (Å²) in [5.74, 6) is 0.126. The zero-order valence-electron chi connectivity index (χ0n) is 11.4. The molecule has 0 aliphatic heterocycles. The monoisotopic (exact) mass is 282 g/mol. The Labute approximate surface area is 122 Å². The van der Waals surface area contributed by atoms with Crippen molar-refractivity contribution in [3.63, 3.8) is 0 Å². The van der Waals surface area contributed by atoms with E-state index in [2.05, 4.69) is 4.98 Å². The molecule has 0 amide bonds. The standard InChI is InChI=1S/C17H15FN2O/c18-16-9-15(8-6-13(16)10-19)21-11-14-7-5-12-3-1-2-4-17(12)20-14/h1-9H,10-11,19H2. The smallest absolute Gasteiger partial charge is 0.131 e. The zero-order chi connectivity index (χ0) is 14.7. The van der Waals surface area contributed by atoms with Crippen LogP contribution >= 0.6 is 0 Å². The molecule has 0 fully saturated rings. The molecule has 21 heavy (non-hydrogen) atoms. The Hall–Kier alpha value is -2.46. The van der Waals surface area contributed by atoms with E-state index >= 15 is 0 Å². The fourth-order valence-corrected chi connectivity index (χ4v) is 2.13. The van der Waals surface area contributed by atoms with Crippen LogP contribution in [0.1, 0.15) is 11.3 Å². The van der Waals surface area contributed by atoms with Gasteiger partial charge in [0.05, 0.1) is 11.2 Å². The molecule has 4 heteroatoms. The first-order valence-electron chi connectivity index (χ1n) is 6.72. The molecule has 0 aliphatic rings. The highest BCUT2D eigenvalue weighted by atomic mass is 19.1. The van der Waals surface area contributed by atoms with Crippen LogP contribution in [0.15, 0.2) is 54.6 Å². The van der Waals surface area contributed by atoms with E-state index in [4.69, 9.17) is 10.5 Å². The van der Waals surface area contributed by atoms with Crippen LogP contribution in [0.2, 0.25) is 0 Å². The van der Waals surface area contributed by atoms with Crippen molar-refractivity contribution in [1.29, 1.82) is 0 Å². The predicted molar refractivity (Wildman–Crippen MR) is 80.4 cm³/mol. The lowest BCUT2D eigenvalue weighted by Gasteiger charge is -2.08. The third-order valence-corrected chi connectivity index (χ3v) is 3.29. The van der Waals surface area contributed by atoms with Crippen molar-refractivity contribution < 1.29 is 9.13 Å². The van der Waals surface area contributed by atoms with Crippen LogP contribution in [-0.4, -0.2) is 4.98 Å². The molecule has 1 heterocycles. The van der Waals surface area contributed by atoms with Gasteiger partial charge in [0, 0.05) is 23.6 Å². The molecule has 3 aromatic rings. The second-order valence-electron chi connectivity index (χ2n) is 4.74. The quantitative estimate of drug-likeness (QED) is 0.797. The van der Waals surface area contributed by atoms with Crippen molar-refractivity contribution in [3.05, 3.63) is 71.7 Å². The Bertz CT molecular complexity index is 774. The maximum absolute atomic E-state index is 13.6. The maximum atomic E-state index is 13.6. The summed E-state index contributed by atoms with van der Waals surface area (Å²) in [4.78, 5) is 4.51. The fraction of sp³-hybridized carbons (Fsp3) is 0.118. The van der Waals surface area contributed by atoms with Gasteiger partial charge < -0.3 is 10.5 Å². The second-order valence-corrected chi connectivity index (χ2v) is 4.74. The van der Waals surface area contributed by atoms with Gasteiger partial charge in [0.15, 0.2) is 0 Å². The summed E-state index contributed by atoms with van der Waals surface area (Å²) in [6.07, 6.45) is 0. The molecule has 0 unspecified atom stereocenters. The molecule has 0 atom stereocenters. The van der Waals surface area contributed by atoms with E-state index in [9.17, 15) is 4.39 Å². The average Bonchev–Trinajstić information content (AvgIpc) is 2.53. The molecule has 2 N–H and O–H groups in total. The number of hydrogen-bond acceptors (Lipinski definition) is 3. The van der Waals surface area contributed by atoms with Crippen molar-refractivity contribution in [1.82, 2.24) is 4.98 Å². The van der Waals surface area contributed by atoms with Crippen LogP contribution in [0.4, 0.5) is 4.39 Å². The van der Waals surface area contributed by atoms with Gasteiger partial charge in [-0.1, -0.05) is 30.3 Å². The zero-order valence-corrected chi connectivity index (χ0v) is 11.4. The van der Waals surface area contributed by atoms with Crippen molar-refractivity contribution in [2.45, 2.75) is 13.2 Å². The van der Waals surface area contributed by atoms with Crippen LogP contribution in [0, 0.1) is 5.82 Å². The van der Waals surface area contributed by atoms with E-state index in [1.54, 1.807) is 12.1 Å². The van der Waals surface area contributed by atoms with E-state index < -0.39 is 0 Å². The third kappa shape index (κ3) is 3.01. The minimum atomic E-state index is -0.346. The first kappa shape index (κ1) is 13.5. The van der Waals surface area contributed by atoms with E-state index in [1.165, 1.54) is 6.07 Å². The van der Waals surface area contributed by atoms with Crippen LogP contribution in [-0.2, 0) is 13.2 Å². The summed E-state index contributed by atoms with van der Waals surface area (Å²) in [7, 11) is 0. The Kier molecular flexibility index (Phi) is 3.79. The molecule has 0 saturated carbocycles. The number of ether oxygens (including phenoxy) is 1. The lowest BCUT2D eigenvalue weighted by molar-refractivity contribution is 0.300. The lowest BCUT2D eigenvalue weighted by atomic mass is 10.2. The van der Waals surface area contributed by atoms with Gasteiger partial charge >= 0.3 is 0 Å². The van der Waals surface area contributed by atoms with Gasteiger partial charge in [0.25, 0.3) is 0 Å². The number of pyridine rings is 1. The SMILES string of the molecule is NCc1ccc(OCc2ccc3ccccc3n2)cc1F. The summed E-state index contributed by atoms with van der Waals surface area (Å²) in [6, 6.07) is 16.5. The van der Waals surface area contributed by atoms with Gasteiger partial charge in [-0.15, -0.1) is 0 Å². The Balaban J connectivity index is 1.75. The fourth-order valence-electron chi connectivity index (χ4n) is 2.13. The van der Waals surface area contributed by atoms with Gasteiger partial charge in [-0.3, -0.25) is 0 Å². The first-order chi connectivity index (χ1) is 10.3. The van der Waals surface area contributed by atoms with Crippen LogP contribution in [0.5, 0.6) is 5.75 Å². The van der Waals surface area contributed by atoms with Crippen molar-refractivity contribution >= 4 is 10.9 Å². The van der Waals surface area contributed by atoms with Crippen molar-refractivity contribution in [3.8, 4) is 5.75 Å². The van der Waals surface area contributed by atoms with Gasteiger partial charge in [0.2, 0.25) is 0 Å². The molecule has 106 valence electrons. The molecule has 0 bridgehead atoms. The number of nitrogens with zero attached hydrogens (tertiary/aromatic N) is 1. The highest BCUT2D eigenvalue weighted by Crippen LogP contribution is 2.18. The van der Waals surface area contributed by atoms with Gasteiger partial charge in [0.1, 0.15) is 18.2 Å². The normalized spacial score (nSPS) is 10.8. The number of halogens is 1. The Morgan fingerprint density at radius 2 is 1.90 bits per heavy atom. The molecule has 0 spiro atoms. The molecular formula is C17H15FN2O. The van der Waals surface area contributed by atoms with E-state index in [0.717, 1.165) is 16.6 Å². The molecule has 0 aliphatic carbocycles. The third-order valence-electron chi connectivity index (χ3n) is 3.29. The first-order valence-corrected chi connectivity index (χ1v) is 6.72. The molecule has 0 radical (unpaired) electrons. The highest BCUT2D eigenvalue weighted by molar-refractivity contribution is 5.78. The molecule has 0 saturated heterocycles. The minimum absolute atomic E-state index is 0.179. The summed E-state index contributed by atoms with van der Waals surface area (Å²) in [5.41, 5.74) is 7.63. The van der Waals surface area contributed by atoms with E-state index in [-0.39, 0.29) is 12.4 Å². The highest BCUT2D eigenvalue weighted by Gasteiger charge is 2.04. The molecule has 1 aromatic heterocycles. The second kappa shape index (κ2) is 5.89. The molecule has 3 rings (SSSR count). The minimum Gasteiger partial charge on any atom is -0.487 e. The molecule has 2 aromatic carbocycles. The summed E-state index contributed by atoms with van der Waals surface area (Å²) < 4.78 is 19.2. The van der Waals surface area contributed by atoms with Gasteiger partial charge in [-0.05, 0) is 18.2 Å². The largest absolute Gasteiger partial charge is 0.487 e. The Morgan fingerprint density at radius 1 is 1.05 bits per heavy atom. The van der Waals surface area contributed by atoms with E-state index in [1.807, 2.05) is 36.4 Å². The summed E-state index contributed by atoms with van der Waals surface area (Å²) >= 11 is 0. The predicted octanol–water partition coefficient (Wildman–Crippen LogP) is 3.41. The summed E-state index contributed by atoms with van der Waals surface area (Å²) in [6.45, 7) is 0.477. The molecular weight excluding hydrogens is 267 g/mol. The number of para-hydroxylation sites is 1. The van der Waals surface area contributed by atoms with Crippen molar-refractivity contribution in [2.75, 3.05) is 0 Å². The number of benzene rings is 2. The average molecular weight is 282 g/mol. The van der Waals surface area contributed by atoms with Crippen molar-refractivity contribution in [2.24, 2.45) is 5.73 Å². The van der Waals surface area contributed by atoms with E-state index in [0.29, 0.717) is 17.9 Å². The van der Waals surface area contributed by atoms with Gasteiger partial charge in [-0.25, -0.2) is 9.37 Å². The number of hydrogen-bond donors (Lipinski definition) is 1. The maximum Gasteiger partial charge on any atom is 0.131 e. The topological polar surface area (TPSA) is 48.1 Å². The number of rotatable bonds is 4. The lowest BCUT2D eigenvalue weighted by Crippen LogP contribution is -2.02. The van der Waals surface area contributed by atoms with Crippen LogP contribution in [0.25, 0.3) is 10.9 Å². The summed E-state index contributed by atoms with van der Waals surface area (Å²) in [5, 5.41) is 1.08. The van der Waals surface area contributed by atoms with Crippen LogP contribution in [0.3, 0.4) is 0 Å². The molecule has 3 nitrogen and oxygen atoms in total. The number of nitrogens with two attached hydrogens (primary N) is 1. The number of fused-ring (bicyclic) bond motifs is 1. The van der Waals surface area contributed by atoms with Crippen LogP contribution < -0.4 is 10.5 Å².